The minimum Gasteiger partial charge on any atom is -0.391 e. The molecule has 12 heavy (non-hydrogen) atoms. The van der Waals surface area contributed by atoms with Crippen molar-refractivity contribution >= 4 is 0 Å². The molecule has 0 atom stereocenters. The lowest BCUT2D eigenvalue weighted by molar-refractivity contribution is 0.571. The zero-order chi connectivity index (χ0) is 9.56. The summed E-state index contributed by atoms with van der Waals surface area (Å²) in [6, 6.07) is 0. The number of halogens is 1. The van der Waals surface area contributed by atoms with Crippen molar-refractivity contribution in [2.75, 3.05) is 7.05 Å². The highest BCUT2D eigenvalue weighted by molar-refractivity contribution is 5.28. The molecule has 0 aliphatic heterocycles. The van der Waals surface area contributed by atoms with E-state index in [1.807, 2.05) is 27.8 Å². The molecule has 0 aromatic rings. The third-order valence-corrected chi connectivity index (χ3v) is 1.76. The minimum atomic E-state index is -0.00324. The smallest absolute Gasteiger partial charge is 0.101 e. The Morgan fingerprint density at radius 3 is 2.33 bits per heavy atom. The van der Waals surface area contributed by atoms with Gasteiger partial charge in [0.15, 0.2) is 0 Å². The van der Waals surface area contributed by atoms with Gasteiger partial charge in [0.1, 0.15) is 5.83 Å². The number of allylic oxidation sites excluding steroid dienone is 4. The Balaban J connectivity index is 0.000000561. The standard InChI is InChI=1S/C8H12FN.C2H6/c1-6-5-7(9)3-4-8(6)10-2;1-2/h5,10H,3-4H2,1-2H3;1-2H3. The summed E-state index contributed by atoms with van der Waals surface area (Å²) >= 11 is 0. The van der Waals surface area contributed by atoms with Gasteiger partial charge in [-0.1, -0.05) is 13.8 Å². The Morgan fingerprint density at radius 1 is 1.33 bits per heavy atom. The van der Waals surface area contributed by atoms with Crippen molar-refractivity contribution in [1.29, 1.82) is 0 Å². The molecule has 0 bridgehead atoms. The summed E-state index contributed by atoms with van der Waals surface area (Å²) in [4.78, 5) is 0. The number of hydrogen-bond acceptors (Lipinski definition) is 1. The molecular formula is C10H18FN. The van der Waals surface area contributed by atoms with Gasteiger partial charge < -0.3 is 5.32 Å². The highest BCUT2D eigenvalue weighted by Gasteiger charge is 2.07. The summed E-state index contributed by atoms with van der Waals surface area (Å²) in [5.74, 6) is -0.00324. The molecule has 1 aliphatic rings. The van der Waals surface area contributed by atoms with Gasteiger partial charge in [0.25, 0.3) is 0 Å². The molecular weight excluding hydrogens is 153 g/mol. The van der Waals surface area contributed by atoms with E-state index >= 15 is 0 Å². The number of hydrogen-bond donors (Lipinski definition) is 1. The normalized spacial score (nSPS) is 16.2. The van der Waals surface area contributed by atoms with E-state index in [0.717, 1.165) is 17.7 Å². The fraction of sp³-hybridized carbons (Fsp3) is 0.600. The molecule has 0 saturated carbocycles. The van der Waals surface area contributed by atoms with Gasteiger partial charge in [-0.3, -0.25) is 0 Å². The predicted molar refractivity (Wildman–Crippen MR) is 51.5 cm³/mol. The van der Waals surface area contributed by atoms with Crippen LogP contribution in [-0.4, -0.2) is 7.05 Å². The van der Waals surface area contributed by atoms with Crippen molar-refractivity contribution in [3.05, 3.63) is 23.2 Å². The maximum Gasteiger partial charge on any atom is 0.101 e. The molecule has 0 unspecified atom stereocenters. The monoisotopic (exact) mass is 171 g/mol. The van der Waals surface area contributed by atoms with Gasteiger partial charge >= 0.3 is 0 Å². The van der Waals surface area contributed by atoms with Crippen LogP contribution in [-0.2, 0) is 0 Å². The molecule has 0 saturated heterocycles. The summed E-state index contributed by atoms with van der Waals surface area (Å²) in [7, 11) is 1.87. The van der Waals surface area contributed by atoms with E-state index in [9.17, 15) is 4.39 Å². The van der Waals surface area contributed by atoms with Crippen molar-refractivity contribution in [1.82, 2.24) is 5.32 Å². The molecule has 0 spiro atoms. The zero-order valence-corrected chi connectivity index (χ0v) is 8.37. The molecule has 70 valence electrons. The van der Waals surface area contributed by atoms with Gasteiger partial charge in [0.05, 0.1) is 0 Å². The van der Waals surface area contributed by atoms with E-state index < -0.39 is 0 Å². The van der Waals surface area contributed by atoms with Crippen LogP contribution in [0.3, 0.4) is 0 Å². The van der Waals surface area contributed by atoms with Crippen molar-refractivity contribution < 1.29 is 4.39 Å². The van der Waals surface area contributed by atoms with Gasteiger partial charge in [0, 0.05) is 19.2 Å². The zero-order valence-electron chi connectivity index (χ0n) is 8.37. The van der Waals surface area contributed by atoms with Crippen LogP contribution in [0.4, 0.5) is 4.39 Å². The van der Waals surface area contributed by atoms with Gasteiger partial charge in [0.2, 0.25) is 0 Å². The first kappa shape index (κ1) is 11.2. The molecule has 0 radical (unpaired) electrons. The molecule has 0 fully saturated rings. The van der Waals surface area contributed by atoms with E-state index in [-0.39, 0.29) is 5.83 Å². The van der Waals surface area contributed by atoms with Gasteiger partial charge in [-0.05, 0) is 25.0 Å². The van der Waals surface area contributed by atoms with Crippen LogP contribution in [0, 0.1) is 0 Å². The van der Waals surface area contributed by atoms with Crippen molar-refractivity contribution in [2.24, 2.45) is 0 Å². The Labute approximate surface area is 74.4 Å². The van der Waals surface area contributed by atoms with Gasteiger partial charge in [-0.15, -0.1) is 0 Å². The average Bonchev–Trinajstić information content (AvgIpc) is 2.08. The summed E-state index contributed by atoms with van der Waals surface area (Å²) in [6.45, 7) is 5.92. The van der Waals surface area contributed by atoms with Crippen LogP contribution < -0.4 is 5.32 Å². The van der Waals surface area contributed by atoms with Crippen LogP contribution in [0.2, 0.25) is 0 Å². The van der Waals surface area contributed by atoms with Crippen LogP contribution >= 0.6 is 0 Å². The fourth-order valence-electron chi connectivity index (χ4n) is 1.16. The Bertz CT molecular complexity index is 192. The molecule has 2 heteroatoms. The molecule has 0 heterocycles. The van der Waals surface area contributed by atoms with E-state index in [1.165, 1.54) is 0 Å². The maximum atomic E-state index is 12.5. The first-order chi connectivity index (χ1) is 5.74. The molecule has 1 aliphatic carbocycles. The maximum absolute atomic E-state index is 12.5. The predicted octanol–water partition coefficient (Wildman–Crippen LogP) is 3.15. The van der Waals surface area contributed by atoms with E-state index in [0.29, 0.717) is 6.42 Å². The summed E-state index contributed by atoms with van der Waals surface area (Å²) in [5, 5.41) is 3.04. The largest absolute Gasteiger partial charge is 0.391 e. The minimum absolute atomic E-state index is 0.00324. The Kier molecular flexibility index (Phi) is 5.43. The molecule has 1 nitrogen and oxygen atoms in total. The van der Waals surface area contributed by atoms with Crippen LogP contribution in [0.25, 0.3) is 0 Å². The second kappa shape index (κ2) is 5.81. The lowest BCUT2D eigenvalue weighted by Crippen LogP contribution is -2.10. The Hall–Kier alpha value is -0.790. The third-order valence-electron chi connectivity index (χ3n) is 1.76. The van der Waals surface area contributed by atoms with E-state index in [4.69, 9.17) is 0 Å². The second-order valence-corrected chi connectivity index (χ2v) is 2.50. The highest BCUT2D eigenvalue weighted by Crippen LogP contribution is 2.21. The molecule has 0 amide bonds. The van der Waals surface area contributed by atoms with Crippen molar-refractivity contribution in [3.8, 4) is 0 Å². The first-order valence-electron chi connectivity index (χ1n) is 4.47. The average molecular weight is 171 g/mol. The first-order valence-corrected chi connectivity index (χ1v) is 4.47. The number of nitrogens with one attached hydrogen (secondary N) is 1. The van der Waals surface area contributed by atoms with E-state index in [1.54, 1.807) is 6.08 Å². The number of rotatable bonds is 1. The topological polar surface area (TPSA) is 12.0 Å². The highest BCUT2D eigenvalue weighted by atomic mass is 19.1. The molecule has 1 rings (SSSR count). The lowest BCUT2D eigenvalue weighted by Gasteiger charge is -2.13. The van der Waals surface area contributed by atoms with Gasteiger partial charge in [-0.25, -0.2) is 4.39 Å². The molecule has 1 N–H and O–H groups in total. The molecule has 0 aromatic heterocycles. The molecule has 0 aromatic carbocycles. The van der Waals surface area contributed by atoms with Crippen LogP contribution in [0.5, 0.6) is 0 Å². The quantitative estimate of drug-likeness (QED) is 0.639. The van der Waals surface area contributed by atoms with Crippen LogP contribution in [0.1, 0.15) is 33.6 Å². The van der Waals surface area contributed by atoms with Crippen molar-refractivity contribution in [2.45, 2.75) is 33.6 Å². The summed E-state index contributed by atoms with van der Waals surface area (Å²) in [5.41, 5.74) is 2.17. The van der Waals surface area contributed by atoms with Crippen LogP contribution in [0.15, 0.2) is 23.2 Å². The summed E-state index contributed by atoms with van der Waals surface area (Å²) < 4.78 is 12.5. The van der Waals surface area contributed by atoms with E-state index in [2.05, 4.69) is 5.32 Å². The van der Waals surface area contributed by atoms with Crippen molar-refractivity contribution in [3.63, 3.8) is 0 Å². The third kappa shape index (κ3) is 3.07. The lowest BCUT2D eigenvalue weighted by atomic mass is 10.0. The second-order valence-electron chi connectivity index (χ2n) is 2.50. The Morgan fingerprint density at radius 2 is 1.92 bits per heavy atom. The summed E-state index contributed by atoms with van der Waals surface area (Å²) in [6.07, 6.45) is 2.95. The SMILES string of the molecule is CC.CNC1=C(C)C=C(F)CC1. The fourth-order valence-corrected chi connectivity index (χ4v) is 1.16. The van der Waals surface area contributed by atoms with Gasteiger partial charge in [-0.2, -0.15) is 0 Å².